The topological polar surface area (TPSA) is 99.4 Å². The monoisotopic (exact) mass is 576 g/mol. The summed E-state index contributed by atoms with van der Waals surface area (Å²) >= 11 is 0. The fourth-order valence-corrected chi connectivity index (χ4v) is 10.8. The number of rotatable bonds is 9. The van der Waals surface area contributed by atoms with E-state index in [4.69, 9.17) is 9.47 Å². The van der Waals surface area contributed by atoms with E-state index in [0.717, 1.165) is 60.7 Å². The maximum Gasteiger partial charge on any atom is 0.186 e. The third kappa shape index (κ3) is 5.73. The van der Waals surface area contributed by atoms with E-state index in [2.05, 4.69) is 47.6 Å². The second-order valence-corrected chi connectivity index (χ2v) is 15.7. The SMILES string of the molecule is CC[C@@H](CC[C@@H](C)[C@H]1CC[C@@H]2[C@@H]3CC=C4C[C@H](O[C@H]5O[C@H](CO)[C@@H](O)[C@H](O)[C@H]5O)CC[C@@]4(C)[C@H]3CC[C@@]21C)C(C)C. The van der Waals surface area contributed by atoms with Crippen LogP contribution in [0.3, 0.4) is 0 Å². The molecule has 6 nitrogen and oxygen atoms in total. The highest BCUT2D eigenvalue weighted by Gasteiger charge is 2.59. The highest BCUT2D eigenvalue weighted by Crippen LogP contribution is 2.67. The number of aliphatic hydroxyl groups excluding tert-OH is 4. The van der Waals surface area contributed by atoms with Gasteiger partial charge in [0, 0.05) is 0 Å². The first kappa shape index (κ1) is 31.9. The molecule has 5 aliphatic rings. The third-order valence-electron chi connectivity index (χ3n) is 13.5. The first-order valence-electron chi connectivity index (χ1n) is 17.1. The summed E-state index contributed by atoms with van der Waals surface area (Å²) in [6.07, 6.45) is 9.92. The molecule has 4 aliphatic carbocycles. The van der Waals surface area contributed by atoms with Crippen LogP contribution in [-0.4, -0.2) is 63.8 Å². The summed E-state index contributed by atoms with van der Waals surface area (Å²) in [7, 11) is 0. The van der Waals surface area contributed by atoms with E-state index >= 15 is 0 Å². The molecule has 0 aromatic heterocycles. The molecule has 0 radical (unpaired) electrons. The second-order valence-electron chi connectivity index (χ2n) is 15.7. The standard InChI is InChI=1S/C35H60O6/c1-7-22(20(2)3)9-8-21(4)26-12-13-27-25-11-10-23-18-24(14-16-34(23,5)28(25)15-17-35(26,27)6)40-33-32(39)31(38)30(37)29(19-36)41-33/h10,20-22,24-33,36-39H,7-9,11-19H2,1-6H3/t21-,22+,24-,25+,26-,27-,28+,29-,30-,31+,32-,33+,34-,35-/m1/s1. The molecule has 6 heteroatoms. The zero-order chi connectivity index (χ0) is 29.7. The number of aliphatic hydroxyl groups is 4. The Balaban J connectivity index is 1.24. The summed E-state index contributed by atoms with van der Waals surface area (Å²) in [5.74, 6) is 5.66. The van der Waals surface area contributed by atoms with Gasteiger partial charge in [-0.05, 0) is 110 Å². The molecule has 14 atom stereocenters. The van der Waals surface area contributed by atoms with Gasteiger partial charge in [0.2, 0.25) is 0 Å². The van der Waals surface area contributed by atoms with Crippen LogP contribution >= 0.6 is 0 Å². The number of hydrogen-bond donors (Lipinski definition) is 4. The Labute approximate surface area is 249 Å². The van der Waals surface area contributed by atoms with Crippen molar-refractivity contribution < 1.29 is 29.9 Å². The third-order valence-corrected chi connectivity index (χ3v) is 13.5. The van der Waals surface area contributed by atoms with Gasteiger partial charge < -0.3 is 29.9 Å². The van der Waals surface area contributed by atoms with Gasteiger partial charge in [-0.3, -0.25) is 0 Å². The molecule has 3 saturated carbocycles. The van der Waals surface area contributed by atoms with Crippen molar-refractivity contribution in [3.05, 3.63) is 11.6 Å². The van der Waals surface area contributed by atoms with Crippen LogP contribution in [0.2, 0.25) is 0 Å². The van der Waals surface area contributed by atoms with Crippen LogP contribution in [0.4, 0.5) is 0 Å². The number of hydrogen-bond acceptors (Lipinski definition) is 6. The Kier molecular flexibility index (Phi) is 9.71. The number of ether oxygens (including phenoxy) is 2. The van der Waals surface area contributed by atoms with Crippen molar-refractivity contribution in [1.82, 2.24) is 0 Å². The molecule has 0 bridgehead atoms. The smallest absolute Gasteiger partial charge is 0.186 e. The summed E-state index contributed by atoms with van der Waals surface area (Å²) in [5.41, 5.74) is 2.19. The van der Waals surface area contributed by atoms with Crippen LogP contribution in [0.1, 0.15) is 112 Å². The molecule has 1 aliphatic heterocycles. The van der Waals surface area contributed by atoms with Crippen LogP contribution in [0.25, 0.3) is 0 Å². The van der Waals surface area contributed by atoms with Crippen LogP contribution in [0.5, 0.6) is 0 Å². The van der Waals surface area contributed by atoms with Crippen LogP contribution in [-0.2, 0) is 9.47 Å². The number of allylic oxidation sites excluding steroid dienone is 1. The van der Waals surface area contributed by atoms with Crippen molar-refractivity contribution in [3.63, 3.8) is 0 Å². The van der Waals surface area contributed by atoms with Crippen molar-refractivity contribution in [3.8, 4) is 0 Å². The lowest BCUT2D eigenvalue weighted by atomic mass is 9.47. The second kappa shape index (κ2) is 12.5. The molecule has 4 fully saturated rings. The van der Waals surface area contributed by atoms with Crippen molar-refractivity contribution in [2.24, 2.45) is 52.3 Å². The Hall–Kier alpha value is -0.500. The minimum atomic E-state index is -1.40. The van der Waals surface area contributed by atoms with Gasteiger partial charge in [-0.1, -0.05) is 66.0 Å². The van der Waals surface area contributed by atoms with E-state index in [1.165, 1.54) is 56.9 Å². The summed E-state index contributed by atoms with van der Waals surface area (Å²) in [5, 5.41) is 40.4. The highest BCUT2D eigenvalue weighted by molar-refractivity contribution is 5.25. The Morgan fingerprint density at radius 3 is 2.39 bits per heavy atom. The van der Waals surface area contributed by atoms with Crippen LogP contribution < -0.4 is 0 Å². The predicted molar refractivity (Wildman–Crippen MR) is 161 cm³/mol. The van der Waals surface area contributed by atoms with Crippen molar-refractivity contribution in [2.45, 2.75) is 149 Å². The number of fused-ring (bicyclic) bond motifs is 5. The minimum Gasteiger partial charge on any atom is -0.394 e. The molecule has 1 saturated heterocycles. The van der Waals surface area contributed by atoms with Crippen LogP contribution in [0.15, 0.2) is 11.6 Å². The maximum atomic E-state index is 10.5. The summed E-state index contributed by atoms with van der Waals surface area (Å²) in [6, 6.07) is 0. The molecule has 4 N–H and O–H groups in total. The lowest BCUT2D eigenvalue weighted by Crippen LogP contribution is -2.60. The quantitative estimate of drug-likeness (QED) is 0.257. The zero-order valence-electron chi connectivity index (χ0n) is 26.7. The van der Waals surface area contributed by atoms with Gasteiger partial charge in [0.15, 0.2) is 6.29 Å². The van der Waals surface area contributed by atoms with E-state index < -0.39 is 37.3 Å². The lowest BCUT2D eigenvalue weighted by Gasteiger charge is -2.58. The largest absolute Gasteiger partial charge is 0.394 e. The van der Waals surface area contributed by atoms with E-state index in [0.29, 0.717) is 5.41 Å². The van der Waals surface area contributed by atoms with Crippen molar-refractivity contribution in [2.75, 3.05) is 6.61 Å². The van der Waals surface area contributed by atoms with E-state index in [9.17, 15) is 20.4 Å². The van der Waals surface area contributed by atoms with Gasteiger partial charge in [0.05, 0.1) is 12.7 Å². The zero-order valence-corrected chi connectivity index (χ0v) is 26.7. The molecular formula is C35H60O6. The lowest BCUT2D eigenvalue weighted by molar-refractivity contribution is -0.313. The molecule has 41 heavy (non-hydrogen) atoms. The highest BCUT2D eigenvalue weighted by atomic mass is 16.7. The summed E-state index contributed by atoms with van der Waals surface area (Å²) in [6.45, 7) is 14.5. The first-order chi connectivity index (χ1) is 19.4. The average Bonchev–Trinajstić information content (AvgIpc) is 3.30. The minimum absolute atomic E-state index is 0.101. The van der Waals surface area contributed by atoms with E-state index in [-0.39, 0.29) is 11.5 Å². The molecule has 0 aromatic carbocycles. The molecule has 0 unspecified atom stereocenters. The van der Waals surface area contributed by atoms with Crippen LogP contribution in [0, 0.1) is 52.3 Å². The van der Waals surface area contributed by atoms with Gasteiger partial charge in [-0.2, -0.15) is 0 Å². The fraction of sp³-hybridized carbons (Fsp3) is 0.943. The fourth-order valence-electron chi connectivity index (χ4n) is 10.8. The molecule has 5 rings (SSSR count). The molecule has 0 amide bonds. The molecule has 1 heterocycles. The molecule has 0 spiro atoms. The Morgan fingerprint density at radius 1 is 0.951 bits per heavy atom. The van der Waals surface area contributed by atoms with Gasteiger partial charge in [0.1, 0.15) is 24.4 Å². The van der Waals surface area contributed by atoms with Crippen molar-refractivity contribution in [1.29, 1.82) is 0 Å². The Morgan fingerprint density at radius 2 is 1.71 bits per heavy atom. The first-order valence-corrected chi connectivity index (χ1v) is 17.1. The van der Waals surface area contributed by atoms with E-state index in [1.807, 2.05) is 0 Å². The summed E-state index contributed by atoms with van der Waals surface area (Å²) < 4.78 is 11.9. The normalized spacial score (nSPS) is 47.7. The van der Waals surface area contributed by atoms with Crippen molar-refractivity contribution >= 4 is 0 Å². The van der Waals surface area contributed by atoms with Gasteiger partial charge in [-0.15, -0.1) is 0 Å². The molecular weight excluding hydrogens is 516 g/mol. The molecule has 0 aromatic rings. The Bertz CT molecular complexity index is 918. The van der Waals surface area contributed by atoms with Gasteiger partial charge >= 0.3 is 0 Å². The molecule has 236 valence electrons. The van der Waals surface area contributed by atoms with Gasteiger partial charge in [0.25, 0.3) is 0 Å². The predicted octanol–water partition coefficient (Wildman–Crippen LogP) is 5.85. The average molecular weight is 577 g/mol. The van der Waals surface area contributed by atoms with E-state index in [1.54, 1.807) is 0 Å². The van der Waals surface area contributed by atoms with Gasteiger partial charge in [-0.25, -0.2) is 0 Å². The summed E-state index contributed by atoms with van der Waals surface area (Å²) in [4.78, 5) is 0. The maximum absolute atomic E-state index is 10.5.